The molecule has 2 aromatic heterocycles. The van der Waals surface area contributed by atoms with Crippen molar-refractivity contribution in [2.45, 2.75) is 36.9 Å². The van der Waals surface area contributed by atoms with Gasteiger partial charge < -0.3 is 9.84 Å². The first-order chi connectivity index (χ1) is 15.4. The van der Waals surface area contributed by atoms with Crippen molar-refractivity contribution in [2.24, 2.45) is 5.92 Å². The highest BCUT2D eigenvalue weighted by molar-refractivity contribution is 7.91. The van der Waals surface area contributed by atoms with Gasteiger partial charge in [0.05, 0.1) is 5.92 Å². The van der Waals surface area contributed by atoms with Crippen LogP contribution in [0.5, 0.6) is 0 Å². The lowest BCUT2D eigenvalue weighted by molar-refractivity contribution is -0.126. The summed E-state index contributed by atoms with van der Waals surface area (Å²) in [5, 5.41) is 9.08. The van der Waals surface area contributed by atoms with Crippen molar-refractivity contribution in [3.05, 3.63) is 52.2 Å². The van der Waals surface area contributed by atoms with Crippen LogP contribution in [-0.4, -0.2) is 41.9 Å². The zero-order valence-corrected chi connectivity index (χ0v) is 19.8. The number of hydrogen-bond donors (Lipinski definition) is 1. The standard InChI is InChI=1S/C21H23ClN4O4S2/c1-2-18-24-20(25-30-18)16-10-19(31-13-16)32(28,29)26-9-5-7-15(12-26)21(27)23-11-14-6-3-4-8-17(14)22/h3-4,6,8,10,13,15H,2,5,7,9,11-12H2,1H3,(H,23,27)/t15-/m1/s1. The molecule has 0 bridgehead atoms. The Hall–Kier alpha value is -2.27. The molecule has 0 radical (unpaired) electrons. The Labute approximate surface area is 195 Å². The number of hydrogen-bond acceptors (Lipinski definition) is 7. The molecule has 32 heavy (non-hydrogen) atoms. The third-order valence-corrected chi connectivity index (χ3v) is 9.01. The van der Waals surface area contributed by atoms with Gasteiger partial charge in [-0.3, -0.25) is 4.79 Å². The van der Waals surface area contributed by atoms with Crippen molar-refractivity contribution in [2.75, 3.05) is 13.1 Å². The molecular formula is C21H23ClN4O4S2. The number of carbonyl (C=O) groups is 1. The molecule has 1 amide bonds. The number of carbonyl (C=O) groups excluding carboxylic acids is 1. The predicted molar refractivity (Wildman–Crippen MR) is 122 cm³/mol. The van der Waals surface area contributed by atoms with Gasteiger partial charge in [0.1, 0.15) is 4.21 Å². The lowest BCUT2D eigenvalue weighted by Gasteiger charge is -2.30. The highest BCUT2D eigenvalue weighted by atomic mass is 35.5. The van der Waals surface area contributed by atoms with Crippen LogP contribution in [0.3, 0.4) is 0 Å². The molecule has 11 heteroatoms. The summed E-state index contributed by atoms with van der Waals surface area (Å²) in [6.07, 6.45) is 1.86. The van der Waals surface area contributed by atoms with Crippen molar-refractivity contribution >= 4 is 38.9 Å². The first-order valence-corrected chi connectivity index (χ1v) is 13.0. The van der Waals surface area contributed by atoms with Gasteiger partial charge in [0.2, 0.25) is 17.6 Å². The van der Waals surface area contributed by atoms with E-state index in [1.807, 2.05) is 25.1 Å². The summed E-state index contributed by atoms with van der Waals surface area (Å²) >= 11 is 7.26. The van der Waals surface area contributed by atoms with Crippen LogP contribution in [0.4, 0.5) is 0 Å². The topological polar surface area (TPSA) is 105 Å². The minimum Gasteiger partial charge on any atom is -0.352 e. The largest absolute Gasteiger partial charge is 0.352 e. The van der Waals surface area contributed by atoms with Gasteiger partial charge >= 0.3 is 0 Å². The fourth-order valence-corrected chi connectivity index (χ4v) is 6.59. The summed E-state index contributed by atoms with van der Waals surface area (Å²) in [5.41, 5.74) is 1.42. The maximum atomic E-state index is 13.2. The number of sulfonamides is 1. The van der Waals surface area contributed by atoms with Gasteiger partial charge in [0.15, 0.2) is 0 Å². The van der Waals surface area contributed by atoms with E-state index < -0.39 is 15.9 Å². The number of amides is 1. The van der Waals surface area contributed by atoms with Gasteiger partial charge in [0, 0.05) is 42.0 Å². The Morgan fingerprint density at radius 1 is 1.38 bits per heavy atom. The first kappa shape index (κ1) is 22.9. The molecule has 3 heterocycles. The fourth-order valence-electron chi connectivity index (χ4n) is 3.56. The highest BCUT2D eigenvalue weighted by Gasteiger charge is 2.34. The van der Waals surface area contributed by atoms with Crippen LogP contribution < -0.4 is 5.32 Å². The zero-order chi connectivity index (χ0) is 22.7. The SMILES string of the molecule is CCc1nc(-c2csc(S(=O)(=O)N3CCC[C@@H](C(=O)NCc4ccccc4Cl)C3)c2)no1. The molecule has 1 atom stereocenters. The van der Waals surface area contributed by atoms with Crippen LogP contribution in [0, 0.1) is 5.92 Å². The smallest absolute Gasteiger partial charge is 0.252 e. The van der Waals surface area contributed by atoms with Gasteiger partial charge in [-0.25, -0.2) is 8.42 Å². The second-order valence-electron chi connectivity index (χ2n) is 7.53. The van der Waals surface area contributed by atoms with Gasteiger partial charge in [0.25, 0.3) is 10.0 Å². The van der Waals surface area contributed by atoms with Gasteiger partial charge in [-0.1, -0.05) is 41.9 Å². The number of aromatic nitrogens is 2. The number of benzene rings is 1. The van der Waals surface area contributed by atoms with Crippen LogP contribution in [0.1, 0.15) is 31.2 Å². The molecule has 170 valence electrons. The van der Waals surface area contributed by atoms with E-state index in [2.05, 4.69) is 15.5 Å². The monoisotopic (exact) mass is 494 g/mol. The second-order valence-corrected chi connectivity index (χ2v) is 11.0. The maximum Gasteiger partial charge on any atom is 0.252 e. The van der Waals surface area contributed by atoms with Crippen LogP contribution in [0.25, 0.3) is 11.4 Å². The lowest BCUT2D eigenvalue weighted by Crippen LogP contribution is -2.45. The van der Waals surface area contributed by atoms with Crippen LogP contribution in [0.2, 0.25) is 5.02 Å². The molecule has 1 fully saturated rings. The summed E-state index contributed by atoms with van der Waals surface area (Å²) in [4.78, 5) is 17.0. The number of aryl methyl sites for hydroxylation is 1. The number of piperidine rings is 1. The van der Waals surface area contributed by atoms with Crippen LogP contribution in [0.15, 0.2) is 44.4 Å². The van der Waals surface area contributed by atoms with E-state index in [-0.39, 0.29) is 16.7 Å². The van der Waals surface area contributed by atoms with E-state index in [0.717, 1.165) is 16.9 Å². The molecule has 0 aliphatic carbocycles. The van der Waals surface area contributed by atoms with Crippen molar-refractivity contribution < 1.29 is 17.7 Å². The van der Waals surface area contributed by atoms with Gasteiger partial charge in [-0.15, -0.1) is 11.3 Å². The van der Waals surface area contributed by atoms with E-state index in [9.17, 15) is 13.2 Å². The molecule has 1 N–H and O–H groups in total. The Morgan fingerprint density at radius 3 is 2.94 bits per heavy atom. The molecule has 1 aliphatic heterocycles. The third kappa shape index (κ3) is 4.88. The van der Waals surface area contributed by atoms with Gasteiger partial charge in [-0.05, 0) is 30.5 Å². The molecule has 0 unspecified atom stereocenters. The molecule has 1 saturated heterocycles. The van der Waals surface area contributed by atoms with Gasteiger partial charge in [-0.2, -0.15) is 9.29 Å². The summed E-state index contributed by atoms with van der Waals surface area (Å²) in [7, 11) is -3.72. The number of nitrogens with one attached hydrogen (secondary N) is 1. The van der Waals surface area contributed by atoms with Crippen LogP contribution in [-0.2, 0) is 27.8 Å². The summed E-state index contributed by atoms with van der Waals surface area (Å²) < 4.78 is 33.1. The Kier molecular flexibility index (Phi) is 6.94. The number of thiophene rings is 1. The molecule has 8 nitrogen and oxygen atoms in total. The minimum atomic E-state index is -3.72. The summed E-state index contributed by atoms with van der Waals surface area (Å²) in [6.45, 7) is 2.73. The quantitative estimate of drug-likeness (QED) is 0.536. The number of rotatable bonds is 7. The average molecular weight is 495 g/mol. The molecule has 4 rings (SSSR count). The number of nitrogens with zero attached hydrogens (tertiary/aromatic N) is 3. The fraction of sp³-hybridized carbons (Fsp3) is 0.381. The average Bonchev–Trinajstić information content (AvgIpc) is 3.48. The van der Waals surface area contributed by atoms with E-state index in [1.165, 1.54) is 4.31 Å². The Bertz CT molecular complexity index is 1210. The normalized spacial score (nSPS) is 17.4. The number of halogens is 1. The van der Waals surface area contributed by atoms with E-state index in [0.29, 0.717) is 54.7 Å². The first-order valence-electron chi connectivity index (χ1n) is 10.3. The predicted octanol–water partition coefficient (Wildman–Crippen LogP) is 3.73. The Morgan fingerprint density at radius 2 is 2.19 bits per heavy atom. The summed E-state index contributed by atoms with van der Waals surface area (Å²) in [6, 6.07) is 8.86. The highest BCUT2D eigenvalue weighted by Crippen LogP contribution is 2.31. The molecule has 0 spiro atoms. The molecule has 0 saturated carbocycles. The Balaban J connectivity index is 1.43. The molecule has 1 aromatic carbocycles. The maximum absolute atomic E-state index is 13.2. The van der Waals surface area contributed by atoms with Crippen LogP contribution >= 0.6 is 22.9 Å². The van der Waals surface area contributed by atoms with E-state index in [1.54, 1.807) is 17.5 Å². The van der Waals surface area contributed by atoms with Crippen molar-refractivity contribution in [1.29, 1.82) is 0 Å². The van der Waals surface area contributed by atoms with E-state index in [4.69, 9.17) is 16.1 Å². The van der Waals surface area contributed by atoms with E-state index >= 15 is 0 Å². The summed E-state index contributed by atoms with van der Waals surface area (Å²) in [5.74, 6) is 0.285. The lowest BCUT2D eigenvalue weighted by atomic mass is 9.99. The van der Waals surface area contributed by atoms with Crippen molar-refractivity contribution in [1.82, 2.24) is 19.8 Å². The third-order valence-electron chi connectivity index (χ3n) is 5.36. The minimum absolute atomic E-state index is 0.145. The second kappa shape index (κ2) is 9.70. The molecule has 1 aliphatic rings. The molecule has 3 aromatic rings. The molecular weight excluding hydrogens is 472 g/mol. The van der Waals surface area contributed by atoms with Crippen molar-refractivity contribution in [3.8, 4) is 11.4 Å². The van der Waals surface area contributed by atoms with Crippen molar-refractivity contribution in [3.63, 3.8) is 0 Å². The zero-order valence-electron chi connectivity index (χ0n) is 17.5.